The third-order valence-corrected chi connectivity index (χ3v) is 3.11. The monoisotopic (exact) mass is 273 g/mol. The first kappa shape index (κ1) is 14.2. The van der Waals surface area contributed by atoms with Gasteiger partial charge >= 0.3 is 116 Å². The van der Waals surface area contributed by atoms with Crippen molar-refractivity contribution in [2.75, 3.05) is 0 Å². The van der Waals surface area contributed by atoms with Gasteiger partial charge in [0.15, 0.2) is 0 Å². The van der Waals surface area contributed by atoms with Gasteiger partial charge in [-0.05, 0) is 0 Å². The number of rotatable bonds is 6. The van der Waals surface area contributed by atoms with Crippen molar-refractivity contribution >= 4 is 21.2 Å². The number of hydrogen-bond donors (Lipinski definition) is 0. The molecule has 0 fully saturated rings. The molecule has 0 amide bonds. The van der Waals surface area contributed by atoms with Gasteiger partial charge in [-0.2, -0.15) is 0 Å². The number of nitrogens with zero attached hydrogens (tertiary/aromatic N) is 1. The van der Waals surface area contributed by atoms with E-state index in [2.05, 4.69) is 18.0 Å². The normalized spacial score (nSPS) is 11.1. The van der Waals surface area contributed by atoms with Crippen LogP contribution in [0.1, 0.15) is 19.3 Å². The van der Waals surface area contributed by atoms with Gasteiger partial charge in [-0.1, -0.05) is 0 Å². The number of aromatic nitrogens is 1. The van der Waals surface area contributed by atoms with E-state index in [4.69, 9.17) is 9.26 Å². The zero-order valence-electron chi connectivity index (χ0n) is 11.2. The Labute approximate surface area is 116 Å². The molecule has 0 saturated heterocycles. The molecule has 1 atom stereocenters. The molecule has 2 heterocycles. The van der Waals surface area contributed by atoms with Crippen LogP contribution in [0.2, 0.25) is 0 Å². The van der Waals surface area contributed by atoms with E-state index >= 15 is 0 Å². The number of hydrogen-bond acceptors (Lipinski definition) is 3. The molecule has 5 heteroatoms. The number of pyridine rings is 1. The van der Waals surface area contributed by atoms with E-state index in [1.54, 1.807) is 0 Å². The molecule has 98 valence electrons. The summed E-state index contributed by atoms with van der Waals surface area (Å²) in [6, 6.07) is 11.8. The molecule has 0 aliphatic heterocycles. The van der Waals surface area contributed by atoms with Crippen molar-refractivity contribution in [1.82, 2.24) is 4.98 Å². The zero-order valence-corrected chi connectivity index (χ0v) is 12.2. The van der Waals surface area contributed by atoms with Gasteiger partial charge < -0.3 is 0 Å². The first-order valence-electron chi connectivity index (χ1n) is 6.29. The van der Waals surface area contributed by atoms with Crippen molar-refractivity contribution in [3.63, 3.8) is 0 Å². The van der Waals surface area contributed by atoms with Crippen LogP contribution in [0.4, 0.5) is 0 Å². The minimum atomic E-state index is 0.135. The fourth-order valence-corrected chi connectivity index (χ4v) is 2.25. The summed E-state index contributed by atoms with van der Waals surface area (Å²) in [4.78, 5) is 4.41. The van der Waals surface area contributed by atoms with Crippen LogP contribution < -0.4 is 10.2 Å². The molecule has 2 rings (SSSR count). The second-order valence-electron chi connectivity index (χ2n) is 4.40. The van der Waals surface area contributed by atoms with Crippen molar-refractivity contribution in [2.24, 2.45) is 0 Å². The van der Waals surface area contributed by atoms with E-state index in [1.807, 2.05) is 50.1 Å². The summed E-state index contributed by atoms with van der Waals surface area (Å²) in [7, 11) is 0.232. The van der Waals surface area contributed by atoms with Crippen LogP contribution in [-0.2, 0) is 11.1 Å². The SMILES string of the molecule is CC(C)Oc1cccc(POCc2bcccc2)n1. The van der Waals surface area contributed by atoms with Gasteiger partial charge in [-0.25, -0.2) is 0 Å². The molecule has 0 radical (unpaired) electrons. The predicted molar refractivity (Wildman–Crippen MR) is 80.5 cm³/mol. The Morgan fingerprint density at radius 2 is 2.11 bits per heavy atom. The van der Waals surface area contributed by atoms with Crippen molar-refractivity contribution in [2.45, 2.75) is 26.6 Å². The minimum absolute atomic E-state index is 0.135. The zero-order chi connectivity index (χ0) is 13.5. The van der Waals surface area contributed by atoms with E-state index in [9.17, 15) is 0 Å². The second-order valence-corrected chi connectivity index (χ2v) is 5.41. The molecule has 3 nitrogen and oxygen atoms in total. The molecule has 2 aromatic heterocycles. The van der Waals surface area contributed by atoms with Crippen LogP contribution in [-0.4, -0.2) is 18.0 Å². The molecule has 19 heavy (non-hydrogen) atoms. The second kappa shape index (κ2) is 7.37. The van der Waals surface area contributed by atoms with Crippen molar-refractivity contribution in [1.29, 1.82) is 0 Å². The molecule has 1 unspecified atom stereocenters. The summed E-state index contributed by atoms with van der Waals surface area (Å²) in [5.74, 6) is 2.67. The quantitative estimate of drug-likeness (QED) is 0.758. The summed E-state index contributed by atoms with van der Waals surface area (Å²) in [6.45, 7) is 6.64. The Morgan fingerprint density at radius 3 is 2.84 bits per heavy atom. The molecular weight excluding hydrogens is 256 g/mol. The van der Waals surface area contributed by atoms with Crippen molar-refractivity contribution in [3.05, 3.63) is 47.8 Å². The van der Waals surface area contributed by atoms with Gasteiger partial charge in [0.1, 0.15) is 0 Å². The molecule has 0 aliphatic carbocycles. The van der Waals surface area contributed by atoms with Gasteiger partial charge in [0.05, 0.1) is 0 Å². The van der Waals surface area contributed by atoms with E-state index in [0.29, 0.717) is 12.5 Å². The summed E-state index contributed by atoms with van der Waals surface area (Å²) in [6.07, 6.45) is 0.135. The van der Waals surface area contributed by atoms with Gasteiger partial charge in [-0.15, -0.1) is 0 Å². The summed E-state index contributed by atoms with van der Waals surface area (Å²) in [5, 5.41) is 0. The summed E-state index contributed by atoms with van der Waals surface area (Å²) in [5.41, 5.74) is 2.08. The fourth-order valence-electron chi connectivity index (χ4n) is 1.55. The Morgan fingerprint density at radius 1 is 1.21 bits per heavy atom. The topological polar surface area (TPSA) is 31.4 Å². The Hall–Kier alpha value is -1.25. The summed E-state index contributed by atoms with van der Waals surface area (Å²) < 4.78 is 11.2. The van der Waals surface area contributed by atoms with Crippen LogP contribution in [0.3, 0.4) is 0 Å². The molecule has 0 aromatic carbocycles. The van der Waals surface area contributed by atoms with Gasteiger partial charge in [0, 0.05) is 0 Å². The molecule has 0 spiro atoms. The Bertz CT molecular complexity index is 508. The van der Waals surface area contributed by atoms with E-state index in [0.717, 1.165) is 5.44 Å². The molecule has 0 N–H and O–H groups in total. The summed E-state index contributed by atoms with van der Waals surface area (Å²) >= 11 is 0. The van der Waals surface area contributed by atoms with Crippen molar-refractivity contribution < 1.29 is 9.26 Å². The first-order chi connectivity index (χ1) is 9.24. The Kier molecular flexibility index (Phi) is 5.50. The van der Waals surface area contributed by atoms with Crippen LogP contribution in [0.25, 0.3) is 0 Å². The van der Waals surface area contributed by atoms with Crippen LogP contribution in [0, 0.1) is 0 Å². The van der Waals surface area contributed by atoms with Gasteiger partial charge in [0.25, 0.3) is 0 Å². The molecule has 0 saturated carbocycles. The maximum atomic E-state index is 5.68. The standard InChI is InChI=1S/C14H17BNO2P/c1-11(2)18-13-7-5-8-14(16-13)19-17-10-12-6-3-4-9-15-12/h3-9,11,19H,10H2,1-2H3. The molecule has 0 aliphatic rings. The maximum absolute atomic E-state index is 5.68. The van der Waals surface area contributed by atoms with Crippen molar-refractivity contribution in [3.8, 4) is 5.88 Å². The van der Waals surface area contributed by atoms with E-state index < -0.39 is 0 Å². The third kappa shape index (κ3) is 5.10. The predicted octanol–water partition coefficient (Wildman–Crippen LogP) is 2.64. The van der Waals surface area contributed by atoms with Gasteiger partial charge in [-0.3, -0.25) is 0 Å². The first-order valence-corrected chi connectivity index (χ1v) is 7.20. The third-order valence-electron chi connectivity index (χ3n) is 2.34. The van der Waals surface area contributed by atoms with Crippen LogP contribution in [0.15, 0.2) is 42.4 Å². The Balaban J connectivity index is 1.86. The van der Waals surface area contributed by atoms with E-state index in [1.165, 1.54) is 5.46 Å². The average Bonchev–Trinajstić information content (AvgIpc) is 2.40. The van der Waals surface area contributed by atoms with Crippen LogP contribution >= 0.6 is 8.81 Å². The molecule has 0 bridgehead atoms. The van der Waals surface area contributed by atoms with Gasteiger partial charge in [0.2, 0.25) is 0 Å². The fraction of sp³-hybridized carbons (Fsp3) is 0.286. The van der Waals surface area contributed by atoms with Crippen LogP contribution in [0.5, 0.6) is 5.88 Å². The molecule has 2 aromatic rings. The molecular formula is C14H17BNO2P. The average molecular weight is 273 g/mol. The van der Waals surface area contributed by atoms with E-state index in [-0.39, 0.29) is 14.9 Å². The number of ether oxygens (including phenoxy) is 1.